The number of benzene rings is 1. The van der Waals surface area contributed by atoms with Gasteiger partial charge in [-0.15, -0.1) is 0 Å². The summed E-state index contributed by atoms with van der Waals surface area (Å²) in [6.07, 6.45) is 6.30. The average Bonchev–Trinajstić information content (AvgIpc) is 2.61. The third-order valence-corrected chi connectivity index (χ3v) is 5.11. The quantitative estimate of drug-likeness (QED) is 0.751. The lowest BCUT2D eigenvalue weighted by Gasteiger charge is -2.37. The largest absolute Gasteiger partial charge is 0.371 e. The van der Waals surface area contributed by atoms with Crippen LogP contribution in [0.4, 0.5) is 10.1 Å². The zero-order chi connectivity index (χ0) is 17.0. The molecule has 1 fully saturated rings. The first-order valence-corrected chi connectivity index (χ1v) is 9.07. The Bertz CT molecular complexity index is 658. The van der Waals surface area contributed by atoms with Crippen LogP contribution in [0.25, 0.3) is 0 Å². The molecule has 24 heavy (non-hydrogen) atoms. The SMILES string of the molecule is CCCCc1ccc(N2CCC(F)(c3ncccc3C)CC2)cc1. The van der Waals surface area contributed by atoms with Crippen molar-refractivity contribution in [1.29, 1.82) is 0 Å². The van der Waals surface area contributed by atoms with Gasteiger partial charge in [-0.25, -0.2) is 4.39 Å². The molecule has 0 unspecified atom stereocenters. The Morgan fingerprint density at radius 1 is 1.12 bits per heavy atom. The second-order valence-corrected chi connectivity index (χ2v) is 6.89. The van der Waals surface area contributed by atoms with Gasteiger partial charge in [-0.3, -0.25) is 4.98 Å². The monoisotopic (exact) mass is 326 g/mol. The van der Waals surface area contributed by atoms with E-state index in [1.165, 1.54) is 24.1 Å². The molecule has 1 saturated heterocycles. The number of pyridine rings is 1. The van der Waals surface area contributed by atoms with Gasteiger partial charge in [0.1, 0.15) is 0 Å². The number of anilines is 1. The van der Waals surface area contributed by atoms with Crippen LogP contribution in [0.1, 0.15) is 49.4 Å². The van der Waals surface area contributed by atoms with Crippen molar-refractivity contribution in [1.82, 2.24) is 4.98 Å². The van der Waals surface area contributed by atoms with E-state index >= 15 is 4.39 Å². The standard InChI is InChI=1S/C21H27FN2/c1-3-4-7-18-8-10-19(11-9-18)24-15-12-21(22,13-16-24)20-17(2)6-5-14-23-20/h5-6,8-11,14H,3-4,7,12-13,15-16H2,1-2H3. The van der Waals surface area contributed by atoms with E-state index in [1.807, 2.05) is 19.1 Å². The minimum absolute atomic E-state index is 0.502. The lowest BCUT2D eigenvalue weighted by atomic mass is 9.87. The van der Waals surface area contributed by atoms with Gasteiger partial charge in [0.2, 0.25) is 0 Å². The van der Waals surface area contributed by atoms with Gasteiger partial charge >= 0.3 is 0 Å². The fourth-order valence-electron chi connectivity index (χ4n) is 3.57. The first-order valence-electron chi connectivity index (χ1n) is 9.07. The number of aryl methyl sites for hydroxylation is 2. The van der Waals surface area contributed by atoms with Crippen molar-refractivity contribution < 1.29 is 4.39 Å². The number of alkyl halides is 1. The Morgan fingerprint density at radius 2 is 1.83 bits per heavy atom. The molecule has 1 aromatic heterocycles. The maximum absolute atomic E-state index is 15.4. The number of aromatic nitrogens is 1. The predicted octanol–water partition coefficient (Wildman–Crippen LogP) is 5.20. The highest BCUT2D eigenvalue weighted by atomic mass is 19.1. The molecule has 3 heteroatoms. The van der Waals surface area contributed by atoms with E-state index in [9.17, 15) is 0 Å². The molecule has 2 aromatic rings. The van der Waals surface area contributed by atoms with Crippen LogP contribution in [0.2, 0.25) is 0 Å². The van der Waals surface area contributed by atoms with Crippen molar-refractivity contribution in [2.45, 2.75) is 51.6 Å². The average molecular weight is 326 g/mol. The van der Waals surface area contributed by atoms with E-state index < -0.39 is 5.67 Å². The lowest BCUT2D eigenvalue weighted by Crippen LogP contribution is -2.41. The second-order valence-electron chi connectivity index (χ2n) is 6.89. The molecule has 0 radical (unpaired) electrons. The Balaban J connectivity index is 1.65. The third-order valence-electron chi connectivity index (χ3n) is 5.11. The van der Waals surface area contributed by atoms with Crippen LogP contribution in [0.3, 0.4) is 0 Å². The van der Waals surface area contributed by atoms with Gasteiger partial charge in [-0.2, -0.15) is 0 Å². The smallest absolute Gasteiger partial charge is 0.156 e. The van der Waals surface area contributed by atoms with Crippen molar-refractivity contribution in [3.63, 3.8) is 0 Å². The van der Waals surface area contributed by atoms with E-state index in [1.54, 1.807) is 6.20 Å². The Kier molecular flexibility index (Phi) is 5.17. The van der Waals surface area contributed by atoms with Gasteiger partial charge in [0.25, 0.3) is 0 Å². The summed E-state index contributed by atoms with van der Waals surface area (Å²) in [7, 11) is 0. The fraction of sp³-hybridized carbons (Fsp3) is 0.476. The van der Waals surface area contributed by atoms with Crippen LogP contribution in [0, 0.1) is 6.92 Å². The molecule has 1 aliphatic heterocycles. The molecule has 0 amide bonds. The zero-order valence-electron chi connectivity index (χ0n) is 14.8. The number of hydrogen-bond acceptors (Lipinski definition) is 2. The molecule has 0 atom stereocenters. The molecule has 0 N–H and O–H groups in total. The van der Waals surface area contributed by atoms with E-state index in [-0.39, 0.29) is 0 Å². The van der Waals surface area contributed by atoms with Gasteiger partial charge in [-0.05, 0) is 49.1 Å². The lowest BCUT2D eigenvalue weighted by molar-refractivity contribution is 0.118. The molecule has 1 aromatic carbocycles. The highest BCUT2D eigenvalue weighted by Crippen LogP contribution is 2.38. The van der Waals surface area contributed by atoms with Gasteiger partial charge in [-0.1, -0.05) is 31.5 Å². The van der Waals surface area contributed by atoms with E-state index in [0.717, 1.165) is 25.1 Å². The maximum Gasteiger partial charge on any atom is 0.156 e. The van der Waals surface area contributed by atoms with Crippen molar-refractivity contribution in [2.24, 2.45) is 0 Å². The summed E-state index contributed by atoms with van der Waals surface area (Å²) in [5.41, 5.74) is 2.88. The summed E-state index contributed by atoms with van der Waals surface area (Å²) < 4.78 is 15.4. The summed E-state index contributed by atoms with van der Waals surface area (Å²) >= 11 is 0. The number of unbranched alkanes of at least 4 members (excludes halogenated alkanes) is 1. The zero-order valence-corrected chi connectivity index (χ0v) is 14.8. The number of rotatable bonds is 5. The molecular weight excluding hydrogens is 299 g/mol. The first-order chi connectivity index (χ1) is 11.6. The fourth-order valence-corrected chi connectivity index (χ4v) is 3.57. The Hall–Kier alpha value is -1.90. The molecule has 2 heterocycles. The van der Waals surface area contributed by atoms with E-state index in [2.05, 4.69) is 41.1 Å². The van der Waals surface area contributed by atoms with Gasteiger partial charge in [0, 0.05) is 37.8 Å². The van der Waals surface area contributed by atoms with Crippen LogP contribution in [0.15, 0.2) is 42.6 Å². The minimum atomic E-state index is -1.29. The highest BCUT2D eigenvalue weighted by molar-refractivity contribution is 5.48. The van der Waals surface area contributed by atoms with Crippen molar-refractivity contribution in [2.75, 3.05) is 18.0 Å². The van der Waals surface area contributed by atoms with Crippen molar-refractivity contribution in [3.8, 4) is 0 Å². The van der Waals surface area contributed by atoms with Crippen LogP contribution in [0.5, 0.6) is 0 Å². The number of piperidine rings is 1. The van der Waals surface area contributed by atoms with Crippen LogP contribution >= 0.6 is 0 Å². The normalized spacial score (nSPS) is 17.0. The second kappa shape index (κ2) is 7.33. The number of nitrogens with zero attached hydrogens (tertiary/aromatic N) is 2. The summed E-state index contributed by atoms with van der Waals surface area (Å²) in [5, 5.41) is 0. The molecular formula is C21H27FN2. The van der Waals surface area contributed by atoms with E-state index in [4.69, 9.17) is 0 Å². The van der Waals surface area contributed by atoms with Gasteiger partial charge < -0.3 is 4.90 Å². The summed E-state index contributed by atoms with van der Waals surface area (Å²) in [4.78, 5) is 6.61. The Morgan fingerprint density at radius 3 is 2.46 bits per heavy atom. The van der Waals surface area contributed by atoms with Gasteiger partial charge in [0.15, 0.2) is 5.67 Å². The number of halogens is 1. The first kappa shape index (κ1) is 16.9. The molecule has 0 bridgehead atoms. The molecule has 3 rings (SSSR count). The van der Waals surface area contributed by atoms with Crippen LogP contribution < -0.4 is 4.90 Å². The maximum atomic E-state index is 15.4. The van der Waals surface area contributed by atoms with Crippen molar-refractivity contribution in [3.05, 3.63) is 59.4 Å². The van der Waals surface area contributed by atoms with Crippen LogP contribution in [-0.4, -0.2) is 18.1 Å². The number of hydrogen-bond donors (Lipinski definition) is 0. The summed E-state index contributed by atoms with van der Waals surface area (Å²) in [5.74, 6) is 0. The highest BCUT2D eigenvalue weighted by Gasteiger charge is 2.38. The van der Waals surface area contributed by atoms with Gasteiger partial charge in [0.05, 0.1) is 5.69 Å². The molecule has 0 aliphatic carbocycles. The predicted molar refractivity (Wildman–Crippen MR) is 98.3 cm³/mol. The van der Waals surface area contributed by atoms with Crippen LogP contribution in [-0.2, 0) is 12.1 Å². The molecule has 1 aliphatic rings. The third kappa shape index (κ3) is 3.61. The molecule has 0 spiro atoms. The van der Waals surface area contributed by atoms with Crippen molar-refractivity contribution >= 4 is 5.69 Å². The molecule has 128 valence electrons. The summed E-state index contributed by atoms with van der Waals surface area (Å²) in [6, 6.07) is 12.6. The topological polar surface area (TPSA) is 16.1 Å². The summed E-state index contributed by atoms with van der Waals surface area (Å²) in [6.45, 7) is 5.64. The Labute approximate surface area is 144 Å². The van der Waals surface area contributed by atoms with E-state index in [0.29, 0.717) is 18.5 Å². The molecule has 2 nitrogen and oxygen atoms in total. The minimum Gasteiger partial charge on any atom is -0.371 e. The molecule has 0 saturated carbocycles.